The fourth-order valence-corrected chi connectivity index (χ4v) is 3.10. The molecule has 0 aliphatic carbocycles. The predicted octanol–water partition coefficient (Wildman–Crippen LogP) is 7.63. The Balaban J connectivity index is 1.79. The van der Waals surface area contributed by atoms with E-state index in [1.165, 1.54) is 101 Å². The van der Waals surface area contributed by atoms with E-state index in [4.69, 9.17) is 0 Å². The van der Waals surface area contributed by atoms with E-state index in [9.17, 15) is 0 Å². The Labute approximate surface area is 139 Å². The van der Waals surface area contributed by atoms with Crippen molar-refractivity contribution in [1.29, 1.82) is 0 Å². The molecule has 0 atom stereocenters. The number of benzene rings is 1. The van der Waals surface area contributed by atoms with Crippen molar-refractivity contribution < 1.29 is 0 Å². The second-order valence-corrected chi connectivity index (χ2v) is 6.98. The average Bonchev–Trinajstić information content (AvgIpc) is 2.53. The third-order valence-electron chi connectivity index (χ3n) is 4.69. The first-order valence-corrected chi connectivity index (χ1v) is 9.88. The van der Waals surface area contributed by atoms with Gasteiger partial charge in [0, 0.05) is 0 Å². The minimum absolute atomic E-state index is 1.26. The summed E-state index contributed by atoms with van der Waals surface area (Å²) in [6, 6.07) is 9.04. The summed E-state index contributed by atoms with van der Waals surface area (Å²) in [5.74, 6) is 0. The lowest BCUT2D eigenvalue weighted by molar-refractivity contribution is 0.539. The zero-order chi connectivity index (χ0) is 15.9. The van der Waals surface area contributed by atoms with Crippen molar-refractivity contribution in [2.45, 2.75) is 104 Å². The highest BCUT2D eigenvalue weighted by Gasteiger charge is 1.95. The van der Waals surface area contributed by atoms with E-state index in [0.717, 1.165) is 0 Å². The van der Waals surface area contributed by atoms with E-state index in [1.54, 1.807) is 0 Å². The molecule has 1 rings (SSSR count). The molecule has 0 saturated heterocycles. The van der Waals surface area contributed by atoms with Crippen LogP contribution in [-0.2, 0) is 6.42 Å². The van der Waals surface area contributed by atoms with Gasteiger partial charge < -0.3 is 0 Å². The number of hydrogen-bond donors (Lipinski definition) is 0. The summed E-state index contributed by atoms with van der Waals surface area (Å²) in [5.41, 5.74) is 2.88. The fourth-order valence-electron chi connectivity index (χ4n) is 3.10. The quantitative estimate of drug-likeness (QED) is 0.310. The van der Waals surface area contributed by atoms with Crippen LogP contribution < -0.4 is 0 Å². The summed E-state index contributed by atoms with van der Waals surface area (Å²) in [7, 11) is 0. The van der Waals surface area contributed by atoms with Crippen molar-refractivity contribution in [2.75, 3.05) is 0 Å². The van der Waals surface area contributed by atoms with Gasteiger partial charge in [-0.2, -0.15) is 0 Å². The summed E-state index contributed by atoms with van der Waals surface area (Å²) in [4.78, 5) is 0. The molecule has 1 aromatic carbocycles. The normalized spacial score (nSPS) is 11.0. The molecule has 0 nitrogen and oxygen atoms in total. The molecule has 0 heteroatoms. The number of hydrogen-bond acceptors (Lipinski definition) is 0. The molecule has 0 aliphatic rings. The van der Waals surface area contributed by atoms with Crippen LogP contribution in [0.3, 0.4) is 0 Å². The van der Waals surface area contributed by atoms with Gasteiger partial charge in [-0.05, 0) is 25.3 Å². The summed E-state index contributed by atoms with van der Waals surface area (Å²) in [6.07, 6.45) is 20.0. The minimum Gasteiger partial charge on any atom is -0.0654 e. The molecule has 0 bridgehead atoms. The summed E-state index contributed by atoms with van der Waals surface area (Å²) >= 11 is 0. The Morgan fingerprint density at radius 1 is 0.545 bits per heavy atom. The summed E-state index contributed by atoms with van der Waals surface area (Å²) < 4.78 is 0. The van der Waals surface area contributed by atoms with E-state index >= 15 is 0 Å². The van der Waals surface area contributed by atoms with Crippen LogP contribution in [0.1, 0.15) is 102 Å². The van der Waals surface area contributed by atoms with Gasteiger partial charge in [-0.25, -0.2) is 0 Å². The fraction of sp³-hybridized carbons (Fsp3) is 0.727. The first-order chi connectivity index (χ1) is 10.8. The Morgan fingerprint density at radius 3 is 1.41 bits per heavy atom. The lowest BCUT2D eigenvalue weighted by atomic mass is 10.0. The van der Waals surface area contributed by atoms with Crippen LogP contribution in [0.25, 0.3) is 0 Å². The topological polar surface area (TPSA) is 0 Å². The summed E-state index contributed by atoms with van der Waals surface area (Å²) in [6.45, 7) is 4.45. The molecule has 0 fully saturated rings. The van der Waals surface area contributed by atoms with Crippen molar-refractivity contribution >= 4 is 0 Å². The first kappa shape index (κ1) is 19.3. The van der Waals surface area contributed by atoms with E-state index in [0.29, 0.717) is 0 Å². The maximum Gasteiger partial charge on any atom is -0.0279 e. The highest BCUT2D eigenvalue weighted by Crippen LogP contribution is 2.13. The second kappa shape index (κ2) is 13.9. The van der Waals surface area contributed by atoms with Crippen molar-refractivity contribution in [1.82, 2.24) is 0 Å². The largest absolute Gasteiger partial charge is 0.0654 e. The molecule has 0 spiro atoms. The highest BCUT2D eigenvalue weighted by atomic mass is 14.0. The lowest BCUT2D eigenvalue weighted by Gasteiger charge is -2.04. The number of unbranched alkanes of at least 4 members (excludes halogenated alkanes) is 12. The Hall–Kier alpha value is -0.780. The van der Waals surface area contributed by atoms with Crippen molar-refractivity contribution in [2.24, 2.45) is 0 Å². The van der Waals surface area contributed by atoms with Gasteiger partial charge in [0.1, 0.15) is 0 Å². The maximum atomic E-state index is 2.29. The molecule has 126 valence electrons. The van der Waals surface area contributed by atoms with Gasteiger partial charge in [0.15, 0.2) is 0 Å². The smallest absolute Gasteiger partial charge is 0.0279 e. The van der Waals surface area contributed by atoms with E-state index in [1.807, 2.05) is 0 Å². The molecular formula is C22H38. The van der Waals surface area contributed by atoms with E-state index < -0.39 is 0 Å². The van der Waals surface area contributed by atoms with Gasteiger partial charge >= 0.3 is 0 Å². The Bertz CT molecular complexity index is 336. The van der Waals surface area contributed by atoms with E-state index in [-0.39, 0.29) is 0 Å². The Kier molecular flexibility index (Phi) is 12.1. The zero-order valence-electron chi connectivity index (χ0n) is 15.2. The van der Waals surface area contributed by atoms with Crippen molar-refractivity contribution in [3.05, 3.63) is 35.4 Å². The number of rotatable bonds is 14. The van der Waals surface area contributed by atoms with Gasteiger partial charge in [-0.15, -0.1) is 0 Å². The van der Waals surface area contributed by atoms with Gasteiger partial charge in [0.25, 0.3) is 0 Å². The molecule has 0 unspecified atom stereocenters. The molecule has 1 aromatic rings. The van der Waals surface area contributed by atoms with Crippen molar-refractivity contribution in [3.63, 3.8) is 0 Å². The zero-order valence-corrected chi connectivity index (χ0v) is 15.2. The molecule has 0 N–H and O–H groups in total. The SMILES string of the molecule is CCCCCCCCCCCCCCCc1ccc(C)cc1. The molecule has 0 amide bonds. The van der Waals surface area contributed by atoms with Crippen LogP contribution in [0.5, 0.6) is 0 Å². The molecule has 0 aromatic heterocycles. The molecular weight excluding hydrogens is 264 g/mol. The standard InChI is InChI=1S/C22H38/c1-3-4-5-6-7-8-9-10-11-12-13-14-15-16-22-19-17-21(2)18-20-22/h17-20H,3-16H2,1-2H3. The summed E-state index contributed by atoms with van der Waals surface area (Å²) in [5, 5.41) is 0. The van der Waals surface area contributed by atoms with Crippen LogP contribution in [0.2, 0.25) is 0 Å². The monoisotopic (exact) mass is 302 g/mol. The van der Waals surface area contributed by atoms with E-state index in [2.05, 4.69) is 38.1 Å². The van der Waals surface area contributed by atoms with Crippen LogP contribution >= 0.6 is 0 Å². The van der Waals surface area contributed by atoms with Crippen molar-refractivity contribution in [3.8, 4) is 0 Å². The molecule has 0 saturated carbocycles. The highest BCUT2D eigenvalue weighted by molar-refractivity contribution is 5.21. The third kappa shape index (κ3) is 10.9. The van der Waals surface area contributed by atoms with Gasteiger partial charge in [-0.1, -0.05) is 114 Å². The molecule has 0 heterocycles. The first-order valence-electron chi connectivity index (χ1n) is 9.88. The van der Waals surface area contributed by atoms with Crippen LogP contribution in [0, 0.1) is 6.92 Å². The van der Waals surface area contributed by atoms with Crippen LogP contribution in [0.15, 0.2) is 24.3 Å². The van der Waals surface area contributed by atoms with Gasteiger partial charge in [-0.3, -0.25) is 0 Å². The minimum atomic E-state index is 1.26. The Morgan fingerprint density at radius 2 is 0.955 bits per heavy atom. The number of aryl methyl sites for hydroxylation is 2. The third-order valence-corrected chi connectivity index (χ3v) is 4.69. The maximum absolute atomic E-state index is 2.29. The van der Waals surface area contributed by atoms with Gasteiger partial charge in [0.05, 0.1) is 0 Å². The molecule has 22 heavy (non-hydrogen) atoms. The molecule has 0 aliphatic heterocycles. The average molecular weight is 303 g/mol. The van der Waals surface area contributed by atoms with Gasteiger partial charge in [0.2, 0.25) is 0 Å². The molecule has 0 radical (unpaired) electrons. The second-order valence-electron chi connectivity index (χ2n) is 6.98. The van der Waals surface area contributed by atoms with Crippen LogP contribution in [0.4, 0.5) is 0 Å². The predicted molar refractivity (Wildman–Crippen MR) is 101 cm³/mol. The van der Waals surface area contributed by atoms with Crippen LogP contribution in [-0.4, -0.2) is 0 Å². The lowest BCUT2D eigenvalue weighted by Crippen LogP contribution is -1.87.